The van der Waals surface area contributed by atoms with Crippen molar-refractivity contribution >= 4 is 17.5 Å². The van der Waals surface area contributed by atoms with Crippen LogP contribution in [-0.2, 0) is 0 Å². The van der Waals surface area contributed by atoms with Crippen LogP contribution in [0, 0.1) is 17.3 Å². The van der Waals surface area contributed by atoms with E-state index in [-0.39, 0.29) is 17.2 Å². The van der Waals surface area contributed by atoms with Crippen LogP contribution in [0.1, 0.15) is 86.7 Å². The molecule has 192 valence electrons. The fraction of sp³-hybridized carbons (Fsp3) is 0.679. The number of carbonyl (C=O) groups is 2. The molecule has 0 saturated heterocycles. The largest absolute Gasteiger partial charge is 0.350 e. The van der Waals surface area contributed by atoms with Crippen LogP contribution in [-0.4, -0.2) is 70.8 Å². The fourth-order valence-corrected chi connectivity index (χ4v) is 6.35. The zero-order chi connectivity index (χ0) is 25.0. The van der Waals surface area contributed by atoms with Gasteiger partial charge in [0.15, 0.2) is 0 Å². The van der Waals surface area contributed by atoms with Gasteiger partial charge in [-0.15, -0.1) is 0 Å². The third-order valence-electron chi connectivity index (χ3n) is 8.54. The van der Waals surface area contributed by atoms with Gasteiger partial charge < -0.3 is 15.1 Å². The molecule has 35 heavy (non-hydrogen) atoms. The van der Waals surface area contributed by atoms with Gasteiger partial charge in [0, 0.05) is 32.4 Å². The first-order valence-electron chi connectivity index (χ1n) is 13.6. The Hall–Kier alpha value is -2.41. The van der Waals surface area contributed by atoms with Crippen molar-refractivity contribution in [2.75, 3.05) is 39.8 Å². The second kappa shape index (κ2) is 11.1. The minimum Gasteiger partial charge on any atom is -0.350 e. The van der Waals surface area contributed by atoms with Gasteiger partial charge in [0.25, 0.3) is 11.8 Å². The van der Waals surface area contributed by atoms with E-state index in [1.54, 1.807) is 10.6 Å². The molecule has 7 heteroatoms. The number of amides is 2. The first-order valence-corrected chi connectivity index (χ1v) is 13.6. The lowest BCUT2D eigenvalue weighted by molar-refractivity contribution is 0.0368. The fourth-order valence-electron chi connectivity index (χ4n) is 6.35. The Morgan fingerprint density at radius 2 is 2.00 bits per heavy atom. The van der Waals surface area contributed by atoms with Crippen LogP contribution >= 0.6 is 0 Å². The predicted molar refractivity (Wildman–Crippen MR) is 140 cm³/mol. The number of hydrogen-bond acceptors (Lipinski definition) is 4. The van der Waals surface area contributed by atoms with Gasteiger partial charge in [0.05, 0.1) is 0 Å². The quantitative estimate of drug-likeness (QED) is 0.543. The number of hydrogen-bond donors (Lipinski definition) is 1. The van der Waals surface area contributed by atoms with Crippen LogP contribution in [0.2, 0.25) is 0 Å². The minimum absolute atomic E-state index is 0.0842. The topological polar surface area (TPSA) is 70.0 Å². The van der Waals surface area contributed by atoms with Crippen LogP contribution in [0.4, 0.5) is 0 Å². The molecule has 2 bridgehead atoms. The molecule has 7 nitrogen and oxygen atoms in total. The van der Waals surface area contributed by atoms with E-state index in [4.69, 9.17) is 0 Å². The van der Waals surface area contributed by atoms with Gasteiger partial charge in [-0.05, 0) is 75.6 Å². The smallest absolute Gasteiger partial charge is 0.274 e. The van der Waals surface area contributed by atoms with E-state index in [1.165, 1.54) is 44.9 Å². The molecule has 4 rings (SSSR count). The van der Waals surface area contributed by atoms with E-state index >= 15 is 0 Å². The Balaban J connectivity index is 1.48. The molecule has 2 amide bonds. The highest BCUT2D eigenvalue weighted by Gasteiger charge is 2.42. The van der Waals surface area contributed by atoms with E-state index in [9.17, 15) is 9.59 Å². The van der Waals surface area contributed by atoms with Crippen LogP contribution in [0.3, 0.4) is 0 Å². The number of carbonyl (C=O) groups excluding carboxylic acids is 2. The van der Waals surface area contributed by atoms with Gasteiger partial charge in [-0.2, -0.15) is 0 Å². The summed E-state index contributed by atoms with van der Waals surface area (Å²) < 4.78 is 1.77. The van der Waals surface area contributed by atoms with Gasteiger partial charge in [-0.25, -0.2) is 4.98 Å². The maximum absolute atomic E-state index is 13.3. The van der Waals surface area contributed by atoms with E-state index in [0.29, 0.717) is 30.1 Å². The Kier molecular flexibility index (Phi) is 8.15. The monoisotopic (exact) mass is 481 g/mol. The molecule has 2 heterocycles. The number of fused-ring (bicyclic) bond motifs is 3. The zero-order valence-corrected chi connectivity index (χ0v) is 22.1. The molecule has 2 aromatic heterocycles. The lowest BCUT2D eigenvalue weighted by Gasteiger charge is -2.48. The van der Waals surface area contributed by atoms with Crippen molar-refractivity contribution in [1.29, 1.82) is 0 Å². The maximum Gasteiger partial charge on any atom is 0.274 e. The highest BCUT2D eigenvalue weighted by Crippen LogP contribution is 2.51. The van der Waals surface area contributed by atoms with Gasteiger partial charge in [-0.3, -0.25) is 14.0 Å². The molecule has 2 fully saturated rings. The maximum atomic E-state index is 13.3. The van der Waals surface area contributed by atoms with E-state index < -0.39 is 0 Å². The van der Waals surface area contributed by atoms with Crippen LogP contribution < -0.4 is 5.32 Å². The number of rotatable bonds is 10. The lowest BCUT2D eigenvalue weighted by Crippen LogP contribution is -2.45. The third-order valence-corrected chi connectivity index (χ3v) is 8.54. The first kappa shape index (κ1) is 25.7. The average Bonchev–Trinajstić information content (AvgIpc) is 3.31. The summed E-state index contributed by atoms with van der Waals surface area (Å²) in [4.78, 5) is 35.1. The Bertz CT molecular complexity index is 1030. The molecule has 1 N–H and O–H groups in total. The van der Waals surface area contributed by atoms with Crippen molar-refractivity contribution in [3.63, 3.8) is 0 Å². The van der Waals surface area contributed by atoms with Gasteiger partial charge in [-0.1, -0.05) is 39.2 Å². The Morgan fingerprint density at radius 1 is 1.17 bits per heavy atom. The third kappa shape index (κ3) is 5.71. The molecule has 0 spiro atoms. The molecule has 2 aliphatic rings. The highest BCUT2D eigenvalue weighted by molar-refractivity contribution is 5.95. The Morgan fingerprint density at radius 3 is 2.74 bits per heavy atom. The molecule has 3 unspecified atom stereocenters. The van der Waals surface area contributed by atoms with Gasteiger partial charge in [0.1, 0.15) is 17.0 Å². The lowest BCUT2D eigenvalue weighted by atomic mass is 9.58. The van der Waals surface area contributed by atoms with Crippen molar-refractivity contribution in [2.45, 2.75) is 65.7 Å². The number of nitrogens with zero attached hydrogens (tertiary/aromatic N) is 4. The minimum atomic E-state index is -0.0907. The first-order chi connectivity index (χ1) is 16.9. The predicted octanol–water partition coefficient (Wildman–Crippen LogP) is 4.47. The molecule has 2 saturated carbocycles. The van der Waals surface area contributed by atoms with E-state index in [0.717, 1.165) is 31.5 Å². The molecule has 0 radical (unpaired) electrons. The summed E-state index contributed by atoms with van der Waals surface area (Å²) in [5.74, 6) is 1.44. The number of likely N-dealkylation sites (N-methyl/N-ethyl adjacent to an activating group) is 2. The number of nitrogens with one attached hydrogen (secondary N) is 1. The summed E-state index contributed by atoms with van der Waals surface area (Å²) in [5, 5.41) is 3.27. The molecule has 0 aromatic carbocycles. The van der Waals surface area contributed by atoms with Crippen molar-refractivity contribution in [3.8, 4) is 0 Å². The van der Waals surface area contributed by atoms with Crippen LogP contribution in [0.15, 0.2) is 24.4 Å². The van der Waals surface area contributed by atoms with Crippen molar-refractivity contribution < 1.29 is 9.59 Å². The summed E-state index contributed by atoms with van der Waals surface area (Å²) in [5.41, 5.74) is 1.80. The summed E-state index contributed by atoms with van der Waals surface area (Å²) in [6, 6.07) is 5.52. The zero-order valence-electron chi connectivity index (χ0n) is 22.1. The van der Waals surface area contributed by atoms with E-state index in [1.807, 2.05) is 30.0 Å². The average molecular weight is 482 g/mol. The molecule has 3 atom stereocenters. The van der Waals surface area contributed by atoms with Gasteiger partial charge >= 0.3 is 0 Å². The number of pyridine rings is 1. The molecule has 2 aliphatic carbocycles. The molecular formula is C28H43N5O2. The van der Waals surface area contributed by atoms with E-state index in [2.05, 4.69) is 36.1 Å². The van der Waals surface area contributed by atoms with Crippen LogP contribution in [0.5, 0.6) is 0 Å². The Labute approximate surface area is 210 Å². The van der Waals surface area contributed by atoms with Crippen molar-refractivity contribution in [2.24, 2.45) is 17.3 Å². The normalized spacial score (nSPS) is 24.0. The summed E-state index contributed by atoms with van der Waals surface area (Å²) in [6.07, 6.45) is 10.6. The molecule has 0 aliphatic heterocycles. The number of imidazole rings is 1. The highest BCUT2D eigenvalue weighted by atomic mass is 16.2. The van der Waals surface area contributed by atoms with Crippen LogP contribution in [0.25, 0.3) is 5.65 Å². The van der Waals surface area contributed by atoms with Gasteiger partial charge in [0.2, 0.25) is 0 Å². The van der Waals surface area contributed by atoms with Crippen molar-refractivity contribution in [1.82, 2.24) is 24.5 Å². The standard InChI is InChI=1S/C28H43N5O2/c1-5-21-16-22-10-9-13-28(17-21,18-22)20-29-26(34)24-11-8-12-25-30-23(19-33(24)25)27(35)32(7-3)15-14-31(4)6-2/h8,11-12,19,21-22H,5-7,9-10,13-18,20H2,1-4H3,(H,29,34). The summed E-state index contributed by atoms with van der Waals surface area (Å²) in [6.45, 7) is 10.2. The summed E-state index contributed by atoms with van der Waals surface area (Å²) >= 11 is 0. The second-order valence-electron chi connectivity index (χ2n) is 10.9. The molecular weight excluding hydrogens is 438 g/mol. The number of aromatic nitrogens is 2. The molecule has 2 aromatic rings. The SMILES string of the molecule is CCC1CC2CCCC(CNC(=O)c3cccc4nc(C(=O)N(CC)CCN(C)CC)cn34)(C1)C2. The van der Waals surface area contributed by atoms with Crippen molar-refractivity contribution in [3.05, 3.63) is 35.8 Å². The summed E-state index contributed by atoms with van der Waals surface area (Å²) in [7, 11) is 2.05. The second-order valence-corrected chi connectivity index (χ2v) is 10.9.